The SMILES string of the molecule is CCOc1ccc(C(C)NC(=O)CCc2ccc(S(N)(=O)=O)cc2)cc1OC. The molecule has 0 saturated heterocycles. The Kier molecular flexibility index (Phi) is 7.42. The van der Waals surface area contributed by atoms with E-state index in [9.17, 15) is 13.2 Å². The van der Waals surface area contributed by atoms with Crippen LogP contribution in [0.1, 0.15) is 37.4 Å². The Morgan fingerprint density at radius 2 is 1.82 bits per heavy atom. The summed E-state index contributed by atoms with van der Waals surface area (Å²) in [6.45, 7) is 4.34. The minimum Gasteiger partial charge on any atom is -0.493 e. The Morgan fingerprint density at radius 1 is 1.14 bits per heavy atom. The molecule has 0 bridgehead atoms. The number of hydrogen-bond acceptors (Lipinski definition) is 5. The second kappa shape index (κ2) is 9.57. The molecule has 1 unspecified atom stereocenters. The normalized spacial score (nSPS) is 12.3. The zero-order valence-electron chi connectivity index (χ0n) is 16.3. The number of carbonyl (C=O) groups is 1. The maximum atomic E-state index is 12.3. The van der Waals surface area contributed by atoms with Gasteiger partial charge in [-0.2, -0.15) is 0 Å². The quantitative estimate of drug-likeness (QED) is 0.665. The van der Waals surface area contributed by atoms with Crippen LogP contribution in [0, 0.1) is 0 Å². The zero-order chi connectivity index (χ0) is 20.7. The Balaban J connectivity index is 1.93. The van der Waals surface area contributed by atoms with Gasteiger partial charge in [0, 0.05) is 6.42 Å². The van der Waals surface area contributed by atoms with Gasteiger partial charge in [-0.15, -0.1) is 0 Å². The van der Waals surface area contributed by atoms with Crippen LogP contribution in [-0.2, 0) is 21.2 Å². The number of hydrogen-bond donors (Lipinski definition) is 2. The number of benzene rings is 2. The van der Waals surface area contributed by atoms with E-state index in [4.69, 9.17) is 14.6 Å². The third kappa shape index (κ3) is 5.97. The Bertz CT molecular complexity index is 911. The highest BCUT2D eigenvalue weighted by atomic mass is 32.2. The predicted octanol–water partition coefficient (Wildman–Crippen LogP) is 2.55. The molecule has 3 N–H and O–H groups in total. The van der Waals surface area contributed by atoms with Gasteiger partial charge in [0.1, 0.15) is 0 Å². The van der Waals surface area contributed by atoms with Crippen molar-refractivity contribution in [3.63, 3.8) is 0 Å². The van der Waals surface area contributed by atoms with Gasteiger partial charge in [0.2, 0.25) is 15.9 Å². The van der Waals surface area contributed by atoms with Gasteiger partial charge in [-0.3, -0.25) is 4.79 Å². The van der Waals surface area contributed by atoms with E-state index in [1.165, 1.54) is 12.1 Å². The van der Waals surface area contributed by atoms with E-state index in [2.05, 4.69) is 5.32 Å². The molecule has 0 aliphatic rings. The van der Waals surface area contributed by atoms with E-state index in [0.717, 1.165) is 11.1 Å². The molecule has 0 radical (unpaired) electrons. The van der Waals surface area contributed by atoms with Crippen molar-refractivity contribution in [2.75, 3.05) is 13.7 Å². The van der Waals surface area contributed by atoms with Crippen LogP contribution in [-0.4, -0.2) is 28.0 Å². The number of rotatable bonds is 9. The fraction of sp³-hybridized carbons (Fsp3) is 0.350. The fourth-order valence-corrected chi connectivity index (χ4v) is 3.24. The van der Waals surface area contributed by atoms with Crippen molar-refractivity contribution in [1.82, 2.24) is 5.32 Å². The average Bonchev–Trinajstić information content (AvgIpc) is 2.66. The van der Waals surface area contributed by atoms with Crippen LogP contribution < -0.4 is 19.9 Å². The van der Waals surface area contributed by atoms with Gasteiger partial charge in [0.05, 0.1) is 24.7 Å². The molecule has 152 valence electrons. The smallest absolute Gasteiger partial charge is 0.238 e. The van der Waals surface area contributed by atoms with Crippen molar-refractivity contribution >= 4 is 15.9 Å². The summed E-state index contributed by atoms with van der Waals surface area (Å²) >= 11 is 0. The molecule has 7 nitrogen and oxygen atoms in total. The third-order valence-electron chi connectivity index (χ3n) is 4.26. The number of carbonyl (C=O) groups excluding carboxylic acids is 1. The van der Waals surface area contributed by atoms with Gasteiger partial charge in [0.25, 0.3) is 0 Å². The van der Waals surface area contributed by atoms with E-state index in [-0.39, 0.29) is 23.3 Å². The molecule has 2 aromatic rings. The fourth-order valence-electron chi connectivity index (χ4n) is 2.73. The largest absolute Gasteiger partial charge is 0.493 e. The lowest BCUT2D eigenvalue weighted by Crippen LogP contribution is -2.26. The predicted molar refractivity (Wildman–Crippen MR) is 107 cm³/mol. The summed E-state index contributed by atoms with van der Waals surface area (Å²) in [6, 6.07) is 11.6. The van der Waals surface area contributed by atoms with Gasteiger partial charge in [-0.25, -0.2) is 13.6 Å². The van der Waals surface area contributed by atoms with Gasteiger partial charge < -0.3 is 14.8 Å². The molecule has 8 heteroatoms. The third-order valence-corrected chi connectivity index (χ3v) is 5.19. The summed E-state index contributed by atoms with van der Waals surface area (Å²) in [5, 5.41) is 8.03. The van der Waals surface area contributed by atoms with Crippen molar-refractivity contribution in [2.45, 2.75) is 37.6 Å². The molecule has 0 aliphatic carbocycles. The van der Waals surface area contributed by atoms with Gasteiger partial charge in [-0.05, 0) is 55.7 Å². The van der Waals surface area contributed by atoms with E-state index in [1.807, 2.05) is 32.0 Å². The maximum Gasteiger partial charge on any atom is 0.238 e. The monoisotopic (exact) mass is 406 g/mol. The summed E-state index contributed by atoms with van der Waals surface area (Å²) < 4.78 is 33.4. The molecule has 0 heterocycles. The van der Waals surface area contributed by atoms with Crippen LogP contribution >= 0.6 is 0 Å². The number of ether oxygens (including phenoxy) is 2. The lowest BCUT2D eigenvalue weighted by atomic mass is 10.1. The van der Waals surface area contributed by atoms with Crippen molar-refractivity contribution in [2.24, 2.45) is 5.14 Å². The van der Waals surface area contributed by atoms with Crippen LogP contribution in [0.2, 0.25) is 0 Å². The molecule has 2 rings (SSSR count). The first kappa shape index (κ1) is 21.7. The first-order valence-corrected chi connectivity index (χ1v) is 10.5. The van der Waals surface area contributed by atoms with Crippen molar-refractivity contribution in [3.05, 3.63) is 53.6 Å². The number of methoxy groups -OCH3 is 1. The van der Waals surface area contributed by atoms with Crippen molar-refractivity contribution in [1.29, 1.82) is 0 Å². The molecule has 1 amide bonds. The Labute approximate surface area is 165 Å². The van der Waals surface area contributed by atoms with Crippen LogP contribution in [0.25, 0.3) is 0 Å². The topological polar surface area (TPSA) is 108 Å². The second-order valence-electron chi connectivity index (χ2n) is 6.32. The van der Waals surface area contributed by atoms with Gasteiger partial charge in [-0.1, -0.05) is 18.2 Å². The summed E-state index contributed by atoms with van der Waals surface area (Å²) in [7, 11) is -2.13. The highest BCUT2D eigenvalue weighted by Gasteiger charge is 2.13. The lowest BCUT2D eigenvalue weighted by molar-refractivity contribution is -0.121. The minimum atomic E-state index is -3.71. The molecule has 28 heavy (non-hydrogen) atoms. The average molecular weight is 407 g/mol. The second-order valence-corrected chi connectivity index (χ2v) is 7.88. The molecule has 0 fully saturated rings. The Morgan fingerprint density at radius 3 is 2.39 bits per heavy atom. The first-order chi connectivity index (χ1) is 13.2. The van der Waals surface area contributed by atoms with E-state index in [0.29, 0.717) is 24.5 Å². The van der Waals surface area contributed by atoms with Crippen LogP contribution in [0.5, 0.6) is 11.5 Å². The standard InChI is InChI=1S/C20H26N2O5S/c1-4-27-18-11-8-16(13-19(18)26-3)14(2)22-20(23)12-7-15-5-9-17(10-6-15)28(21,24)25/h5-6,8-11,13-14H,4,7,12H2,1-3H3,(H,22,23)(H2,21,24,25). The first-order valence-electron chi connectivity index (χ1n) is 8.96. The lowest BCUT2D eigenvalue weighted by Gasteiger charge is -2.17. The molecule has 0 aliphatic heterocycles. The highest BCUT2D eigenvalue weighted by Crippen LogP contribution is 2.30. The maximum absolute atomic E-state index is 12.3. The van der Waals surface area contributed by atoms with E-state index in [1.54, 1.807) is 19.2 Å². The number of aryl methyl sites for hydroxylation is 1. The summed E-state index contributed by atoms with van der Waals surface area (Å²) in [4.78, 5) is 12.3. The molecule has 0 aromatic heterocycles. The van der Waals surface area contributed by atoms with E-state index >= 15 is 0 Å². The molecule has 0 spiro atoms. The minimum absolute atomic E-state index is 0.0544. The van der Waals surface area contributed by atoms with Gasteiger partial charge >= 0.3 is 0 Å². The molecule has 0 saturated carbocycles. The zero-order valence-corrected chi connectivity index (χ0v) is 17.1. The number of amides is 1. The van der Waals surface area contributed by atoms with Crippen LogP contribution in [0.3, 0.4) is 0 Å². The number of sulfonamides is 1. The molecular weight excluding hydrogens is 380 g/mol. The van der Waals surface area contributed by atoms with Crippen molar-refractivity contribution < 1.29 is 22.7 Å². The van der Waals surface area contributed by atoms with Crippen LogP contribution in [0.4, 0.5) is 0 Å². The number of primary sulfonamides is 1. The van der Waals surface area contributed by atoms with Crippen molar-refractivity contribution in [3.8, 4) is 11.5 Å². The van der Waals surface area contributed by atoms with Crippen LogP contribution in [0.15, 0.2) is 47.4 Å². The summed E-state index contributed by atoms with van der Waals surface area (Å²) in [6.07, 6.45) is 0.781. The molecular formula is C20H26N2O5S. The summed E-state index contributed by atoms with van der Waals surface area (Å²) in [5.74, 6) is 1.18. The highest BCUT2D eigenvalue weighted by molar-refractivity contribution is 7.89. The number of nitrogens with two attached hydrogens (primary N) is 1. The van der Waals surface area contributed by atoms with Gasteiger partial charge in [0.15, 0.2) is 11.5 Å². The Hall–Kier alpha value is -2.58. The molecule has 1 atom stereocenters. The van der Waals surface area contributed by atoms with E-state index < -0.39 is 10.0 Å². The molecule has 2 aromatic carbocycles. The summed E-state index contributed by atoms with van der Waals surface area (Å²) in [5.41, 5.74) is 1.77. The number of nitrogens with one attached hydrogen (secondary N) is 1.